The second kappa shape index (κ2) is 10.5. The van der Waals surface area contributed by atoms with E-state index in [1.165, 1.54) is 26.4 Å². The molecule has 0 heterocycles. The first-order valence-electron chi connectivity index (χ1n) is 10.2. The first-order chi connectivity index (χ1) is 16.1. The van der Waals surface area contributed by atoms with Crippen LogP contribution in [0, 0.1) is 11.6 Å². The number of halogens is 2. The maximum Gasteiger partial charge on any atom is 0.264 e. The fourth-order valence-corrected chi connectivity index (χ4v) is 4.70. The molecule has 0 aliphatic rings. The number of nitrogens with one attached hydrogen (secondary N) is 1. The molecule has 0 spiro atoms. The van der Waals surface area contributed by atoms with Gasteiger partial charge in [-0.1, -0.05) is 6.07 Å². The molecule has 7 nitrogen and oxygen atoms in total. The van der Waals surface area contributed by atoms with Crippen LogP contribution in [0.15, 0.2) is 71.6 Å². The number of methoxy groups -OCH3 is 2. The Hall–Kier alpha value is -3.66. The molecule has 0 fully saturated rings. The molecular formula is C24H24F2N2O5S. The van der Waals surface area contributed by atoms with Crippen molar-refractivity contribution >= 4 is 21.6 Å². The third-order valence-electron chi connectivity index (χ3n) is 5.09. The molecule has 0 saturated heterocycles. The van der Waals surface area contributed by atoms with Gasteiger partial charge in [-0.3, -0.25) is 9.10 Å². The molecule has 0 bridgehead atoms. The van der Waals surface area contributed by atoms with Crippen LogP contribution in [-0.2, 0) is 14.8 Å². The molecule has 0 aliphatic heterocycles. The minimum atomic E-state index is -4.25. The van der Waals surface area contributed by atoms with Gasteiger partial charge in [0.15, 0.2) is 11.5 Å². The predicted molar refractivity (Wildman–Crippen MR) is 123 cm³/mol. The van der Waals surface area contributed by atoms with E-state index in [2.05, 4.69) is 5.32 Å². The lowest BCUT2D eigenvalue weighted by atomic mass is 10.1. The maximum atomic E-state index is 13.4. The molecule has 3 aromatic rings. The van der Waals surface area contributed by atoms with Crippen molar-refractivity contribution in [1.82, 2.24) is 5.32 Å². The third-order valence-corrected chi connectivity index (χ3v) is 6.88. The molecule has 34 heavy (non-hydrogen) atoms. The van der Waals surface area contributed by atoms with E-state index in [9.17, 15) is 22.0 Å². The molecule has 3 rings (SSSR count). The van der Waals surface area contributed by atoms with Gasteiger partial charge in [-0.15, -0.1) is 0 Å². The van der Waals surface area contributed by atoms with Crippen LogP contribution >= 0.6 is 0 Å². The van der Waals surface area contributed by atoms with Crippen LogP contribution in [0.2, 0.25) is 0 Å². The fraction of sp³-hybridized carbons (Fsp3) is 0.208. The number of carbonyl (C=O) groups excluding carboxylic acids is 1. The van der Waals surface area contributed by atoms with Crippen LogP contribution in [0.4, 0.5) is 14.5 Å². The predicted octanol–water partition coefficient (Wildman–Crippen LogP) is 4.05. The van der Waals surface area contributed by atoms with Crippen molar-refractivity contribution < 1.29 is 31.5 Å². The summed E-state index contributed by atoms with van der Waals surface area (Å²) in [4.78, 5) is 12.7. The zero-order chi connectivity index (χ0) is 24.9. The molecule has 0 aliphatic carbocycles. The zero-order valence-electron chi connectivity index (χ0n) is 18.8. The first-order valence-corrected chi connectivity index (χ1v) is 11.6. The number of hydrogen-bond donors (Lipinski definition) is 1. The highest BCUT2D eigenvalue weighted by Crippen LogP contribution is 2.30. The normalized spacial score (nSPS) is 12.0. The molecule has 3 aromatic carbocycles. The average Bonchev–Trinajstić information content (AvgIpc) is 2.82. The lowest BCUT2D eigenvalue weighted by Gasteiger charge is -2.25. The summed E-state index contributed by atoms with van der Waals surface area (Å²) in [5.41, 5.74) is 0.792. The number of benzene rings is 3. The van der Waals surface area contributed by atoms with Gasteiger partial charge in [0.25, 0.3) is 10.0 Å². The van der Waals surface area contributed by atoms with Crippen molar-refractivity contribution in [2.75, 3.05) is 25.1 Å². The van der Waals surface area contributed by atoms with Crippen molar-refractivity contribution in [2.45, 2.75) is 17.9 Å². The monoisotopic (exact) mass is 490 g/mol. The van der Waals surface area contributed by atoms with Gasteiger partial charge in [0.05, 0.1) is 30.8 Å². The molecule has 0 aromatic heterocycles. The van der Waals surface area contributed by atoms with Gasteiger partial charge in [-0.05, 0) is 73.2 Å². The fourth-order valence-electron chi connectivity index (χ4n) is 3.28. The standard InChI is InChI=1S/C24H24F2N2O5S/c1-16(17-4-13-22(32-2)23(14-17)33-3)27-24(29)15-28(20-9-5-18(25)6-10-20)34(30,31)21-11-7-19(26)8-12-21/h4-14,16H,15H2,1-3H3,(H,27,29). The molecule has 10 heteroatoms. The molecule has 1 atom stereocenters. The Morgan fingerprint density at radius 1 is 0.912 bits per heavy atom. The smallest absolute Gasteiger partial charge is 0.264 e. The Balaban J connectivity index is 1.87. The summed E-state index contributed by atoms with van der Waals surface area (Å²) in [5.74, 6) is -0.758. The highest BCUT2D eigenvalue weighted by molar-refractivity contribution is 7.92. The van der Waals surface area contributed by atoms with Crippen molar-refractivity contribution in [2.24, 2.45) is 0 Å². The molecule has 0 radical (unpaired) electrons. The van der Waals surface area contributed by atoms with Crippen LogP contribution < -0.4 is 19.1 Å². The van der Waals surface area contributed by atoms with Gasteiger partial charge in [0, 0.05) is 0 Å². The molecular weight excluding hydrogens is 466 g/mol. The number of hydrogen-bond acceptors (Lipinski definition) is 5. The number of sulfonamides is 1. The summed E-state index contributed by atoms with van der Waals surface area (Å²) >= 11 is 0. The SMILES string of the molecule is COc1ccc(C(C)NC(=O)CN(c2ccc(F)cc2)S(=O)(=O)c2ccc(F)cc2)cc1OC. The number of rotatable bonds is 9. The minimum absolute atomic E-state index is 0.0830. The molecule has 1 amide bonds. The molecule has 1 N–H and O–H groups in total. The number of carbonyl (C=O) groups is 1. The molecule has 0 saturated carbocycles. The zero-order valence-corrected chi connectivity index (χ0v) is 19.6. The van der Waals surface area contributed by atoms with E-state index in [1.807, 2.05) is 0 Å². The van der Waals surface area contributed by atoms with Crippen molar-refractivity contribution in [3.63, 3.8) is 0 Å². The Morgan fingerprint density at radius 3 is 2.03 bits per heavy atom. The topological polar surface area (TPSA) is 84.9 Å². The quantitative estimate of drug-likeness (QED) is 0.489. The van der Waals surface area contributed by atoms with E-state index in [0.29, 0.717) is 17.1 Å². The Kier molecular flexibility index (Phi) is 7.72. The van der Waals surface area contributed by atoms with E-state index >= 15 is 0 Å². The summed E-state index contributed by atoms with van der Waals surface area (Å²) in [7, 11) is -1.25. The second-order valence-corrected chi connectivity index (χ2v) is 9.21. The van der Waals surface area contributed by atoms with Gasteiger partial charge >= 0.3 is 0 Å². The summed E-state index contributed by atoms with van der Waals surface area (Å²) in [5, 5.41) is 2.75. The number of nitrogens with zero attached hydrogens (tertiary/aromatic N) is 1. The number of ether oxygens (including phenoxy) is 2. The van der Waals surface area contributed by atoms with Crippen molar-refractivity contribution in [1.29, 1.82) is 0 Å². The maximum absolute atomic E-state index is 13.4. The van der Waals surface area contributed by atoms with Crippen molar-refractivity contribution in [3.05, 3.63) is 83.9 Å². The number of amides is 1. The Labute approximate surface area is 197 Å². The van der Waals surface area contributed by atoms with E-state index in [4.69, 9.17) is 9.47 Å². The van der Waals surface area contributed by atoms with Crippen LogP contribution in [-0.4, -0.2) is 35.1 Å². The molecule has 1 unspecified atom stereocenters. The van der Waals surface area contributed by atoms with Crippen LogP contribution in [0.3, 0.4) is 0 Å². The lowest BCUT2D eigenvalue weighted by molar-refractivity contribution is -0.120. The Bertz CT molecular complexity index is 1250. The highest BCUT2D eigenvalue weighted by Gasteiger charge is 2.28. The van der Waals surface area contributed by atoms with Crippen LogP contribution in [0.25, 0.3) is 0 Å². The summed E-state index contributed by atoms with van der Waals surface area (Å²) in [6.45, 7) is 1.15. The van der Waals surface area contributed by atoms with E-state index in [0.717, 1.165) is 40.7 Å². The summed E-state index contributed by atoms with van der Waals surface area (Å²) in [6.07, 6.45) is 0. The summed E-state index contributed by atoms with van der Waals surface area (Å²) in [6, 6.07) is 13.6. The third kappa shape index (κ3) is 5.63. The van der Waals surface area contributed by atoms with E-state index < -0.39 is 40.2 Å². The van der Waals surface area contributed by atoms with Gasteiger partial charge in [0.2, 0.25) is 5.91 Å². The van der Waals surface area contributed by atoms with E-state index in [1.54, 1.807) is 25.1 Å². The second-order valence-electron chi connectivity index (χ2n) is 7.35. The largest absolute Gasteiger partial charge is 0.493 e. The van der Waals surface area contributed by atoms with E-state index in [-0.39, 0.29) is 10.6 Å². The summed E-state index contributed by atoms with van der Waals surface area (Å²) < 4.78 is 64.7. The molecule has 180 valence electrons. The Morgan fingerprint density at radius 2 is 1.47 bits per heavy atom. The highest BCUT2D eigenvalue weighted by atomic mass is 32.2. The average molecular weight is 491 g/mol. The van der Waals surface area contributed by atoms with Crippen LogP contribution in [0.5, 0.6) is 11.5 Å². The van der Waals surface area contributed by atoms with Crippen LogP contribution in [0.1, 0.15) is 18.5 Å². The first kappa shape index (κ1) is 25.0. The van der Waals surface area contributed by atoms with Gasteiger partial charge < -0.3 is 14.8 Å². The van der Waals surface area contributed by atoms with Gasteiger partial charge in [-0.25, -0.2) is 17.2 Å². The number of anilines is 1. The minimum Gasteiger partial charge on any atom is -0.493 e. The lowest BCUT2D eigenvalue weighted by Crippen LogP contribution is -2.41. The van der Waals surface area contributed by atoms with Gasteiger partial charge in [-0.2, -0.15) is 0 Å². The van der Waals surface area contributed by atoms with Gasteiger partial charge in [0.1, 0.15) is 18.2 Å². The van der Waals surface area contributed by atoms with Crippen molar-refractivity contribution in [3.8, 4) is 11.5 Å².